The van der Waals surface area contributed by atoms with Crippen LogP contribution in [0.3, 0.4) is 0 Å². The standard InChI is InChI=1S/C25H31N3O4S/c1-2-20(29)26-18-10-14-33-21-15-25(11-5-6-12-25)22(28(21)24(18)31)23(30)27-17-9-13-32-19-8-4-3-7-16(17)19/h3-8,17-18,21-22H,2,9-15H2,1H3,(H,26,29)(H,27,30)/t17-,18+,21+,22-/m1/s1. The smallest absolute Gasteiger partial charge is 0.246 e. The Kier molecular flexibility index (Phi) is 6.12. The van der Waals surface area contributed by atoms with Crippen LogP contribution in [-0.2, 0) is 14.4 Å². The Bertz CT molecular complexity index is 972. The molecule has 3 amide bonds. The van der Waals surface area contributed by atoms with Crippen LogP contribution in [0.4, 0.5) is 0 Å². The lowest BCUT2D eigenvalue weighted by molar-refractivity contribution is -0.144. The highest BCUT2D eigenvalue weighted by Gasteiger charge is 2.58. The molecule has 7 nitrogen and oxygen atoms in total. The summed E-state index contributed by atoms with van der Waals surface area (Å²) in [7, 11) is 0. The Morgan fingerprint density at radius 3 is 2.73 bits per heavy atom. The second-order valence-electron chi connectivity index (χ2n) is 9.42. The summed E-state index contributed by atoms with van der Waals surface area (Å²) in [6.07, 6.45) is 8.29. The van der Waals surface area contributed by atoms with Crippen LogP contribution in [0.25, 0.3) is 0 Å². The van der Waals surface area contributed by atoms with Crippen LogP contribution >= 0.6 is 11.8 Å². The van der Waals surface area contributed by atoms with Gasteiger partial charge >= 0.3 is 0 Å². The maximum atomic E-state index is 13.9. The van der Waals surface area contributed by atoms with Gasteiger partial charge in [0, 0.05) is 23.8 Å². The molecule has 0 bridgehead atoms. The number of hydrogen-bond donors (Lipinski definition) is 2. The summed E-state index contributed by atoms with van der Waals surface area (Å²) >= 11 is 1.74. The van der Waals surface area contributed by atoms with Crippen LogP contribution in [0, 0.1) is 5.41 Å². The molecule has 3 aliphatic heterocycles. The summed E-state index contributed by atoms with van der Waals surface area (Å²) in [6.45, 7) is 2.33. The van der Waals surface area contributed by atoms with Crippen molar-refractivity contribution in [2.75, 3.05) is 12.4 Å². The highest BCUT2D eigenvalue weighted by atomic mass is 32.2. The number of para-hydroxylation sites is 1. The Balaban J connectivity index is 1.44. The number of rotatable bonds is 4. The van der Waals surface area contributed by atoms with E-state index in [1.54, 1.807) is 18.7 Å². The second-order valence-corrected chi connectivity index (χ2v) is 10.7. The number of nitrogens with zero attached hydrogens (tertiary/aromatic N) is 1. The molecule has 0 unspecified atom stereocenters. The first-order valence-corrected chi connectivity index (χ1v) is 13.0. The van der Waals surface area contributed by atoms with Crippen LogP contribution in [-0.4, -0.2) is 52.4 Å². The summed E-state index contributed by atoms with van der Waals surface area (Å²) in [5.74, 6) is 1.24. The van der Waals surface area contributed by atoms with Crippen molar-refractivity contribution in [1.29, 1.82) is 0 Å². The first kappa shape index (κ1) is 22.3. The lowest BCUT2D eigenvalue weighted by Crippen LogP contribution is -2.57. The second kappa shape index (κ2) is 9.05. The minimum absolute atomic E-state index is 0.0429. The van der Waals surface area contributed by atoms with Gasteiger partial charge in [-0.25, -0.2) is 0 Å². The van der Waals surface area contributed by atoms with Gasteiger partial charge in [-0.15, -0.1) is 11.8 Å². The molecular weight excluding hydrogens is 438 g/mol. The van der Waals surface area contributed by atoms with E-state index in [2.05, 4.69) is 22.8 Å². The predicted octanol–water partition coefficient (Wildman–Crippen LogP) is 2.92. The molecule has 2 fully saturated rings. The number of ether oxygens (including phenoxy) is 1. The molecule has 5 rings (SSSR count). The monoisotopic (exact) mass is 469 g/mol. The summed E-state index contributed by atoms with van der Waals surface area (Å²) in [6, 6.07) is 6.55. The van der Waals surface area contributed by atoms with Gasteiger partial charge in [-0.05, 0) is 37.5 Å². The summed E-state index contributed by atoms with van der Waals surface area (Å²) < 4.78 is 5.77. The number of nitrogens with one attached hydrogen (secondary N) is 2. The first-order chi connectivity index (χ1) is 16.0. The molecule has 2 saturated heterocycles. The van der Waals surface area contributed by atoms with Crippen molar-refractivity contribution in [3.05, 3.63) is 42.0 Å². The maximum absolute atomic E-state index is 13.9. The van der Waals surface area contributed by atoms with E-state index in [1.807, 2.05) is 29.2 Å². The van der Waals surface area contributed by atoms with Gasteiger partial charge in [0.1, 0.15) is 17.8 Å². The third kappa shape index (κ3) is 4.03. The number of hydrogen-bond acceptors (Lipinski definition) is 5. The minimum Gasteiger partial charge on any atom is -0.493 e. The molecule has 8 heteroatoms. The van der Waals surface area contributed by atoms with Gasteiger partial charge in [0.2, 0.25) is 17.7 Å². The molecule has 0 aromatic heterocycles. The molecule has 4 atom stereocenters. The maximum Gasteiger partial charge on any atom is 0.246 e. The van der Waals surface area contributed by atoms with Gasteiger partial charge in [0.15, 0.2) is 0 Å². The van der Waals surface area contributed by atoms with Crippen LogP contribution in [0.1, 0.15) is 57.1 Å². The number of benzene rings is 1. The highest BCUT2D eigenvalue weighted by molar-refractivity contribution is 7.99. The Morgan fingerprint density at radius 2 is 1.94 bits per heavy atom. The van der Waals surface area contributed by atoms with Crippen molar-refractivity contribution < 1.29 is 19.1 Å². The van der Waals surface area contributed by atoms with E-state index in [0.29, 0.717) is 25.9 Å². The first-order valence-electron chi connectivity index (χ1n) is 11.9. The van der Waals surface area contributed by atoms with Crippen molar-refractivity contribution in [1.82, 2.24) is 15.5 Å². The number of carbonyl (C=O) groups excluding carboxylic acids is 3. The quantitative estimate of drug-likeness (QED) is 0.662. The zero-order valence-electron chi connectivity index (χ0n) is 18.9. The van der Waals surface area contributed by atoms with Crippen LogP contribution in [0.2, 0.25) is 0 Å². The van der Waals surface area contributed by atoms with Gasteiger partial charge in [0.05, 0.1) is 18.0 Å². The zero-order valence-corrected chi connectivity index (χ0v) is 19.7. The molecule has 1 aliphatic carbocycles. The normalized spacial score (nSPS) is 29.7. The number of thioether (sulfide) groups is 1. The average Bonchev–Trinajstić information content (AvgIpc) is 3.38. The van der Waals surface area contributed by atoms with E-state index in [4.69, 9.17) is 4.74 Å². The molecule has 0 radical (unpaired) electrons. The summed E-state index contributed by atoms with van der Waals surface area (Å²) in [5.41, 5.74) is 0.702. The topological polar surface area (TPSA) is 87.7 Å². The third-order valence-electron chi connectivity index (χ3n) is 7.41. The van der Waals surface area contributed by atoms with Crippen LogP contribution < -0.4 is 15.4 Å². The van der Waals surface area contributed by atoms with E-state index in [0.717, 1.165) is 36.3 Å². The van der Waals surface area contributed by atoms with Crippen molar-refractivity contribution >= 4 is 29.5 Å². The Hall–Kier alpha value is -2.48. The molecule has 2 N–H and O–H groups in total. The number of fused-ring (bicyclic) bond motifs is 2. The molecule has 4 aliphatic rings. The van der Waals surface area contributed by atoms with E-state index >= 15 is 0 Å². The number of allylic oxidation sites excluding steroid dienone is 2. The SMILES string of the molecule is CCC(=O)N[C@H]1CCS[C@H]2CC3(CC=CC3)[C@@H](C(=O)N[C@@H]3CCOc4ccccc43)N2C1=O. The van der Waals surface area contributed by atoms with E-state index in [-0.39, 0.29) is 34.6 Å². The zero-order chi connectivity index (χ0) is 23.0. The van der Waals surface area contributed by atoms with Gasteiger partial charge in [0.25, 0.3) is 0 Å². The van der Waals surface area contributed by atoms with Gasteiger partial charge in [-0.3, -0.25) is 14.4 Å². The molecule has 3 heterocycles. The minimum atomic E-state index is -0.571. The van der Waals surface area contributed by atoms with Gasteiger partial charge < -0.3 is 20.3 Å². The molecule has 0 saturated carbocycles. The Labute approximate surface area is 198 Å². The molecule has 1 spiro atoms. The van der Waals surface area contributed by atoms with E-state index in [9.17, 15) is 14.4 Å². The Morgan fingerprint density at radius 1 is 1.15 bits per heavy atom. The fourth-order valence-electron chi connectivity index (χ4n) is 5.74. The molecule has 1 aromatic carbocycles. The predicted molar refractivity (Wildman–Crippen MR) is 127 cm³/mol. The summed E-state index contributed by atoms with van der Waals surface area (Å²) in [4.78, 5) is 41.5. The molecular formula is C25H31N3O4S. The lowest BCUT2D eigenvalue weighted by atomic mass is 9.77. The van der Waals surface area contributed by atoms with Gasteiger partial charge in [-0.1, -0.05) is 37.3 Å². The van der Waals surface area contributed by atoms with Gasteiger partial charge in [-0.2, -0.15) is 0 Å². The highest BCUT2D eigenvalue weighted by Crippen LogP contribution is 2.53. The van der Waals surface area contributed by atoms with Crippen molar-refractivity contribution in [2.24, 2.45) is 5.41 Å². The van der Waals surface area contributed by atoms with Crippen molar-refractivity contribution in [2.45, 2.75) is 68.9 Å². The van der Waals surface area contributed by atoms with Crippen molar-refractivity contribution in [3.8, 4) is 5.75 Å². The largest absolute Gasteiger partial charge is 0.493 e. The fraction of sp³-hybridized carbons (Fsp3) is 0.560. The van der Waals surface area contributed by atoms with Crippen LogP contribution in [0.15, 0.2) is 36.4 Å². The van der Waals surface area contributed by atoms with Crippen molar-refractivity contribution in [3.63, 3.8) is 0 Å². The molecule has 33 heavy (non-hydrogen) atoms. The average molecular weight is 470 g/mol. The van der Waals surface area contributed by atoms with E-state index in [1.165, 1.54) is 0 Å². The molecule has 176 valence electrons. The fourth-order valence-corrected chi connectivity index (χ4v) is 7.22. The van der Waals surface area contributed by atoms with E-state index < -0.39 is 12.1 Å². The summed E-state index contributed by atoms with van der Waals surface area (Å²) in [5, 5.41) is 6.13. The lowest BCUT2D eigenvalue weighted by Gasteiger charge is -2.37. The molecule has 1 aromatic rings. The number of carbonyl (C=O) groups is 3. The van der Waals surface area contributed by atoms with Crippen LogP contribution in [0.5, 0.6) is 5.75 Å². The number of amides is 3. The third-order valence-corrected chi connectivity index (χ3v) is 8.66.